The molecule has 0 bridgehead atoms. The number of nitrogens with two attached hydrogens (primary N) is 1. The molecule has 1 heterocycles. The van der Waals surface area contributed by atoms with Crippen LogP contribution < -0.4 is 5.73 Å². The van der Waals surface area contributed by atoms with E-state index in [9.17, 15) is 0 Å². The minimum Gasteiger partial charge on any atom is -0.379 e. The van der Waals surface area contributed by atoms with Gasteiger partial charge in [-0.15, -0.1) is 0 Å². The number of nitrogens with zero attached hydrogens (tertiary/aromatic N) is 1. The van der Waals surface area contributed by atoms with Crippen molar-refractivity contribution < 1.29 is 4.74 Å². The molecule has 3 heteroatoms. The standard InChI is InChI=1S/C16H32N2O/c1-4-15(2,3)14-5-7-16(13-17,8-6-14)18-9-11-19-12-10-18/h14H,4-13,17H2,1-3H3. The van der Waals surface area contributed by atoms with Gasteiger partial charge in [0, 0.05) is 25.2 Å². The maximum atomic E-state index is 6.17. The summed E-state index contributed by atoms with van der Waals surface area (Å²) >= 11 is 0. The van der Waals surface area contributed by atoms with E-state index in [0.29, 0.717) is 5.41 Å². The van der Waals surface area contributed by atoms with Gasteiger partial charge in [-0.25, -0.2) is 0 Å². The van der Waals surface area contributed by atoms with Crippen LogP contribution >= 0.6 is 0 Å². The normalized spacial score (nSPS) is 34.4. The fourth-order valence-electron chi connectivity index (χ4n) is 3.91. The molecule has 3 nitrogen and oxygen atoms in total. The quantitative estimate of drug-likeness (QED) is 0.852. The summed E-state index contributed by atoms with van der Waals surface area (Å²) in [4.78, 5) is 2.62. The van der Waals surface area contributed by atoms with Crippen molar-refractivity contribution in [3.8, 4) is 0 Å². The zero-order valence-corrected chi connectivity index (χ0v) is 13.1. The molecule has 2 N–H and O–H groups in total. The SMILES string of the molecule is CCC(C)(C)C1CCC(CN)(N2CCOCC2)CC1. The Morgan fingerprint density at radius 1 is 1.21 bits per heavy atom. The molecule has 0 spiro atoms. The second kappa shape index (κ2) is 6.11. The van der Waals surface area contributed by atoms with E-state index >= 15 is 0 Å². The third kappa shape index (κ3) is 3.14. The van der Waals surface area contributed by atoms with E-state index in [1.54, 1.807) is 0 Å². The topological polar surface area (TPSA) is 38.5 Å². The fraction of sp³-hybridized carbons (Fsp3) is 1.00. The van der Waals surface area contributed by atoms with Crippen molar-refractivity contribution >= 4 is 0 Å². The van der Waals surface area contributed by atoms with E-state index in [1.165, 1.54) is 32.1 Å². The van der Waals surface area contributed by atoms with Crippen molar-refractivity contribution in [2.24, 2.45) is 17.1 Å². The van der Waals surface area contributed by atoms with Gasteiger partial charge in [-0.1, -0.05) is 27.2 Å². The van der Waals surface area contributed by atoms with E-state index in [4.69, 9.17) is 10.5 Å². The lowest BCUT2D eigenvalue weighted by Gasteiger charge is -2.51. The lowest BCUT2D eigenvalue weighted by Crippen LogP contribution is -2.59. The average Bonchev–Trinajstić information content (AvgIpc) is 2.48. The van der Waals surface area contributed by atoms with Gasteiger partial charge in [-0.3, -0.25) is 4.90 Å². The Morgan fingerprint density at radius 3 is 2.26 bits per heavy atom. The molecule has 2 rings (SSSR count). The van der Waals surface area contributed by atoms with E-state index in [0.717, 1.165) is 38.8 Å². The van der Waals surface area contributed by atoms with Gasteiger partial charge >= 0.3 is 0 Å². The predicted molar refractivity (Wildman–Crippen MR) is 80.2 cm³/mol. The van der Waals surface area contributed by atoms with Crippen molar-refractivity contribution in [3.05, 3.63) is 0 Å². The van der Waals surface area contributed by atoms with Gasteiger partial charge in [0.2, 0.25) is 0 Å². The molecular weight excluding hydrogens is 236 g/mol. The summed E-state index contributed by atoms with van der Waals surface area (Å²) < 4.78 is 5.49. The zero-order chi connectivity index (χ0) is 13.9. The lowest BCUT2D eigenvalue weighted by atomic mass is 9.65. The zero-order valence-electron chi connectivity index (χ0n) is 13.1. The third-order valence-electron chi connectivity index (χ3n) is 5.99. The average molecular weight is 268 g/mol. The monoisotopic (exact) mass is 268 g/mol. The van der Waals surface area contributed by atoms with E-state index in [-0.39, 0.29) is 5.54 Å². The molecule has 0 atom stereocenters. The maximum absolute atomic E-state index is 6.17. The minimum absolute atomic E-state index is 0.268. The van der Waals surface area contributed by atoms with Gasteiger partial charge in [0.1, 0.15) is 0 Å². The second-order valence-electron chi connectivity index (χ2n) is 7.14. The Morgan fingerprint density at radius 2 is 1.79 bits per heavy atom. The molecule has 1 aliphatic carbocycles. The Hall–Kier alpha value is -0.120. The van der Waals surface area contributed by atoms with Gasteiger partial charge in [0.05, 0.1) is 13.2 Å². The van der Waals surface area contributed by atoms with E-state index < -0.39 is 0 Å². The number of hydrogen-bond acceptors (Lipinski definition) is 3. The highest BCUT2D eigenvalue weighted by molar-refractivity contribution is 4.98. The Labute approximate surface area is 118 Å². The highest BCUT2D eigenvalue weighted by Crippen LogP contribution is 2.45. The lowest BCUT2D eigenvalue weighted by molar-refractivity contribution is -0.0469. The molecule has 1 aliphatic heterocycles. The number of rotatable bonds is 4. The molecule has 0 aromatic carbocycles. The highest BCUT2D eigenvalue weighted by atomic mass is 16.5. The fourth-order valence-corrected chi connectivity index (χ4v) is 3.91. The van der Waals surface area contributed by atoms with Crippen LogP contribution in [0.3, 0.4) is 0 Å². The largest absolute Gasteiger partial charge is 0.379 e. The van der Waals surface area contributed by atoms with E-state index in [2.05, 4.69) is 25.7 Å². The first kappa shape index (κ1) is 15.3. The Bertz CT molecular complexity index is 276. The number of ether oxygens (including phenoxy) is 1. The first-order chi connectivity index (χ1) is 9.04. The van der Waals surface area contributed by atoms with Gasteiger partial charge in [0.15, 0.2) is 0 Å². The van der Waals surface area contributed by atoms with Gasteiger partial charge in [-0.05, 0) is 37.0 Å². The van der Waals surface area contributed by atoms with Crippen molar-refractivity contribution in [2.45, 2.75) is 58.4 Å². The second-order valence-corrected chi connectivity index (χ2v) is 7.14. The van der Waals surface area contributed by atoms with Crippen LogP contribution in [-0.2, 0) is 4.74 Å². The van der Waals surface area contributed by atoms with Gasteiger partial charge in [-0.2, -0.15) is 0 Å². The van der Waals surface area contributed by atoms with Crippen LogP contribution in [0.15, 0.2) is 0 Å². The Balaban J connectivity index is 1.98. The summed E-state index contributed by atoms with van der Waals surface area (Å²) in [6.45, 7) is 11.9. The highest BCUT2D eigenvalue weighted by Gasteiger charge is 2.42. The smallest absolute Gasteiger partial charge is 0.0594 e. The van der Waals surface area contributed by atoms with Crippen LogP contribution in [0.25, 0.3) is 0 Å². The molecule has 1 saturated heterocycles. The molecular formula is C16H32N2O. The van der Waals surface area contributed by atoms with Crippen LogP contribution in [0.4, 0.5) is 0 Å². The number of morpholine rings is 1. The summed E-state index contributed by atoms with van der Waals surface area (Å²) in [5.41, 5.74) is 6.93. The summed E-state index contributed by atoms with van der Waals surface area (Å²) in [7, 11) is 0. The molecule has 2 fully saturated rings. The molecule has 1 saturated carbocycles. The summed E-state index contributed by atoms with van der Waals surface area (Å²) in [6, 6.07) is 0. The molecule has 112 valence electrons. The first-order valence-corrected chi connectivity index (χ1v) is 8.07. The van der Waals surface area contributed by atoms with Crippen molar-refractivity contribution in [1.29, 1.82) is 0 Å². The first-order valence-electron chi connectivity index (χ1n) is 8.07. The minimum atomic E-state index is 0.268. The van der Waals surface area contributed by atoms with Gasteiger partial charge < -0.3 is 10.5 Å². The molecule has 0 unspecified atom stereocenters. The Kier molecular flexibility index (Phi) is 4.91. The van der Waals surface area contributed by atoms with Crippen molar-refractivity contribution in [2.75, 3.05) is 32.8 Å². The molecule has 0 aromatic rings. The summed E-state index contributed by atoms with van der Waals surface area (Å²) in [5.74, 6) is 0.873. The van der Waals surface area contributed by atoms with Crippen molar-refractivity contribution in [3.63, 3.8) is 0 Å². The summed E-state index contributed by atoms with van der Waals surface area (Å²) in [5, 5.41) is 0. The number of hydrogen-bond donors (Lipinski definition) is 1. The van der Waals surface area contributed by atoms with Crippen LogP contribution in [0.5, 0.6) is 0 Å². The molecule has 2 aliphatic rings. The molecule has 0 amide bonds. The molecule has 0 radical (unpaired) electrons. The molecule has 19 heavy (non-hydrogen) atoms. The van der Waals surface area contributed by atoms with Crippen LogP contribution in [0, 0.1) is 11.3 Å². The van der Waals surface area contributed by atoms with Crippen molar-refractivity contribution in [1.82, 2.24) is 4.90 Å². The van der Waals surface area contributed by atoms with Crippen LogP contribution in [-0.4, -0.2) is 43.3 Å². The van der Waals surface area contributed by atoms with Crippen LogP contribution in [0.1, 0.15) is 52.9 Å². The third-order valence-corrected chi connectivity index (χ3v) is 5.99. The van der Waals surface area contributed by atoms with Gasteiger partial charge in [0.25, 0.3) is 0 Å². The molecule has 0 aromatic heterocycles. The van der Waals surface area contributed by atoms with E-state index in [1.807, 2.05) is 0 Å². The maximum Gasteiger partial charge on any atom is 0.0594 e. The predicted octanol–water partition coefficient (Wildman–Crippen LogP) is 2.64. The van der Waals surface area contributed by atoms with Crippen LogP contribution in [0.2, 0.25) is 0 Å². The summed E-state index contributed by atoms with van der Waals surface area (Å²) in [6.07, 6.45) is 6.52.